The molecular weight excluding hydrogens is 312 g/mol. The van der Waals surface area contributed by atoms with Gasteiger partial charge in [0.15, 0.2) is 0 Å². The Hall–Kier alpha value is -1.88. The molecule has 5 heterocycles. The van der Waals surface area contributed by atoms with Gasteiger partial charge >= 0.3 is 0 Å². The van der Waals surface area contributed by atoms with Crippen LogP contribution in [0.1, 0.15) is 42.6 Å². The summed E-state index contributed by atoms with van der Waals surface area (Å²) >= 11 is 0. The summed E-state index contributed by atoms with van der Waals surface area (Å²) in [5.74, 6) is 1.67. The maximum absolute atomic E-state index is 13.2. The van der Waals surface area contributed by atoms with Gasteiger partial charge in [-0.2, -0.15) is 0 Å². The minimum atomic E-state index is 0.140. The van der Waals surface area contributed by atoms with E-state index in [0.717, 1.165) is 24.7 Å². The molecule has 5 nitrogen and oxygen atoms in total. The van der Waals surface area contributed by atoms with Gasteiger partial charge in [-0.15, -0.1) is 0 Å². The number of piperidine rings is 1. The van der Waals surface area contributed by atoms with E-state index < -0.39 is 0 Å². The highest BCUT2D eigenvalue weighted by molar-refractivity contribution is 5.93. The quantitative estimate of drug-likeness (QED) is 0.864. The van der Waals surface area contributed by atoms with Gasteiger partial charge in [-0.3, -0.25) is 14.1 Å². The van der Waals surface area contributed by atoms with Crippen LogP contribution in [0.2, 0.25) is 0 Å². The van der Waals surface area contributed by atoms with Crippen LogP contribution in [0.15, 0.2) is 30.6 Å². The molecule has 5 heteroatoms. The molecule has 4 aliphatic rings. The summed E-state index contributed by atoms with van der Waals surface area (Å²) in [6.07, 6.45) is 10.4. The van der Waals surface area contributed by atoms with Gasteiger partial charge in [-0.25, -0.2) is 4.98 Å². The summed E-state index contributed by atoms with van der Waals surface area (Å²) in [6.45, 7) is 4.20. The van der Waals surface area contributed by atoms with Crippen molar-refractivity contribution in [3.63, 3.8) is 0 Å². The van der Waals surface area contributed by atoms with E-state index in [9.17, 15) is 4.79 Å². The van der Waals surface area contributed by atoms with Crippen molar-refractivity contribution in [2.24, 2.45) is 11.8 Å². The fraction of sp³-hybridized carbons (Fsp3) is 0.600. The fourth-order valence-electron chi connectivity index (χ4n) is 4.83. The average molecular weight is 338 g/mol. The molecular formula is C20H26N4O. The molecule has 1 aliphatic carbocycles. The third-order valence-corrected chi connectivity index (χ3v) is 6.47. The summed E-state index contributed by atoms with van der Waals surface area (Å²) in [7, 11) is 0. The Morgan fingerprint density at radius 3 is 2.88 bits per heavy atom. The Morgan fingerprint density at radius 2 is 2.04 bits per heavy atom. The molecule has 6 rings (SSSR count). The van der Waals surface area contributed by atoms with Crippen molar-refractivity contribution in [2.75, 3.05) is 26.2 Å². The molecule has 4 fully saturated rings. The first-order valence-corrected chi connectivity index (χ1v) is 9.73. The number of pyridine rings is 1. The third kappa shape index (κ3) is 2.74. The van der Waals surface area contributed by atoms with Gasteiger partial charge in [-0.1, -0.05) is 12.5 Å². The Bertz CT molecular complexity index is 781. The van der Waals surface area contributed by atoms with Crippen molar-refractivity contribution in [2.45, 2.75) is 38.1 Å². The molecule has 0 unspecified atom stereocenters. The van der Waals surface area contributed by atoms with Crippen LogP contribution in [0, 0.1) is 11.8 Å². The van der Waals surface area contributed by atoms with E-state index in [1.165, 1.54) is 45.2 Å². The molecule has 1 saturated carbocycles. The molecule has 1 amide bonds. The predicted octanol–water partition coefficient (Wildman–Crippen LogP) is 2.67. The van der Waals surface area contributed by atoms with Crippen LogP contribution in [-0.4, -0.2) is 57.3 Å². The SMILES string of the molecule is O=C(c1cnc2ccccn12)N1C[C@H]2CC[C@@H](C1)N(CC1CCC1)C2. The minimum absolute atomic E-state index is 0.140. The Balaban J connectivity index is 1.36. The van der Waals surface area contributed by atoms with Crippen molar-refractivity contribution in [3.8, 4) is 0 Å². The predicted molar refractivity (Wildman–Crippen MR) is 96.5 cm³/mol. The number of carbonyl (C=O) groups is 1. The van der Waals surface area contributed by atoms with Crippen LogP contribution in [0.4, 0.5) is 0 Å². The average Bonchev–Trinajstić information content (AvgIpc) is 2.81. The number of fused-ring (bicyclic) bond motifs is 5. The molecule has 2 atom stereocenters. The van der Waals surface area contributed by atoms with Gasteiger partial charge < -0.3 is 4.90 Å². The van der Waals surface area contributed by atoms with Crippen LogP contribution < -0.4 is 0 Å². The van der Waals surface area contributed by atoms with Crippen LogP contribution in [0.25, 0.3) is 5.65 Å². The second kappa shape index (κ2) is 6.13. The number of nitrogens with zero attached hydrogens (tertiary/aromatic N) is 4. The molecule has 2 bridgehead atoms. The van der Waals surface area contributed by atoms with Crippen LogP contribution >= 0.6 is 0 Å². The summed E-state index contributed by atoms with van der Waals surface area (Å²) < 4.78 is 1.92. The zero-order valence-corrected chi connectivity index (χ0v) is 14.7. The molecule has 3 saturated heterocycles. The lowest BCUT2D eigenvalue weighted by molar-refractivity contribution is 0.0711. The lowest BCUT2D eigenvalue weighted by atomic mass is 9.83. The molecule has 0 N–H and O–H groups in total. The topological polar surface area (TPSA) is 40.9 Å². The maximum atomic E-state index is 13.2. The number of hydrogen-bond donors (Lipinski definition) is 0. The maximum Gasteiger partial charge on any atom is 0.272 e. The van der Waals surface area contributed by atoms with Crippen LogP contribution in [0.3, 0.4) is 0 Å². The van der Waals surface area contributed by atoms with Crippen LogP contribution in [0.5, 0.6) is 0 Å². The number of imidazole rings is 1. The molecule has 0 radical (unpaired) electrons. The molecule has 0 aromatic carbocycles. The lowest BCUT2D eigenvalue weighted by Gasteiger charge is -2.40. The minimum Gasteiger partial charge on any atom is -0.335 e. The van der Waals surface area contributed by atoms with Gasteiger partial charge in [0.2, 0.25) is 0 Å². The number of hydrogen-bond acceptors (Lipinski definition) is 3. The number of amides is 1. The molecule has 2 aromatic heterocycles. The number of carbonyl (C=O) groups excluding carboxylic acids is 1. The largest absolute Gasteiger partial charge is 0.335 e. The van der Waals surface area contributed by atoms with Gasteiger partial charge in [0.1, 0.15) is 11.3 Å². The van der Waals surface area contributed by atoms with Crippen molar-refractivity contribution in [1.29, 1.82) is 0 Å². The summed E-state index contributed by atoms with van der Waals surface area (Å²) in [5, 5.41) is 0. The normalized spacial score (nSPS) is 27.4. The zero-order chi connectivity index (χ0) is 16.8. The first kappa shape index (κ1) is 15.4. The Morgan fingerprint density at radius 1 is 1.12 bits per heavy atom. The van der Waals surface area contributed by atoms with Gasteiger partial charge in [0, 0.05) is 38.4 Å². The molecule has 2 aromatic rings. The third-order valence-electron chi connectivity index (χ3n) is 6.47. The second-order valence-corrected chi connectivity index (χ2v) is 8.13. The molecule has 132 valence electrons. The molecule has 25 heavy (non-hydrogen) atoms. The Labute approximate surface area is 148 Å². The highest BCUT2D eigenvalue weighted by atomic mass is 16.2. The van der Waals surface area contributed by atoms with Gasteiger partial charge in [-0.05, 0) is 49.7 Å². The van der Waals surface area contributed by atoms with Crippen LogP contribution in [-0.2, 0) is 0 Å². The lowest BCUT2D eigenvalue weighted by Crippen LogP contribution is -2.47. The van der Waals surface area contributed by atoms with E-state index in [1.54, 1.807) is 6.20 Å². The highest BCUT2D eigenvalue weighted by Gasteiger charge is 2.38. The van der Waals surface area contributed by atoms with E-state index in [0.29, 0.717) is 17.7 Å². The van der Waals surface area contributed by atoms with E-state index in [-0.39, 0.29) is 5.91 Å². The monoisotopic (exact) mass is 338 g/mol. The van der Waals surface area contributed by atoms with Crippen molar-refractivity contribution < 1.29 is 4.79 Å². The van der Waals surface area contributed by atoms with E-state index in [2.05, 4.69) is 14.8 Å². The number of rotatable bonds is 3. The van der Waals surface area contributed by atoms with Gasteiger partial charge in [0.25, 0.3) is 5.91 Å². The van der Waals surface area contributed by atoms with Crippen molar-refractivity contribution in [3.05, 3.63) is 36.3 Å². The standard InChI is InChI=1S/C20H26N4O/c25-20(18-10-21-19-6-1-2-9-24(18)19)23-13-16-7-8-17(14-23)22(12-16)11-15-4-3-5-15/h1-2,6,9-10,15-17H,3-5,7-8,11-14H2/t16-,17-/m0/s1. The first-order chi connectivity index (χ1) is 12.3. The second-order valence-electron chi connectivity index (χ2n) is 8.13. The summed E-state index contributed by atoms with van der Waals surface area (Å²) in [5.41, 5.74) is 1.54. The van der Waals surface area contributed by atoms with Gasteiger partial charge in [0.05, 0.1) is 6.20 Å². The zero-order valence-electron chi connectivity index (χ0n) is 14.7. The summed E-state index contributed by atoms with van der Waals surface area (Å²) in [4.78, 5) is 22.4. The fourth-order valence-corrected chi connectivity index (χ4v) is 4.83. The van der Waals surface area contributed by atoms with Crippen molar-refractivity contribution >= 4 is 11.6 Å². The highest BCUT2D eigenvalue weighted by Crippen LogP contribution is 2.33. The first-order valence-electron chi connectivity index (χ1n) is 9.73. The van der Waals surface area contributed by atoms with E-state index in [4.69, 9.17) is 0 Å². The van der Waals surface area contributed by atoms with Crippen molar-refractivity contribution in [1.82, 2.24) is 19.2 Å². The summed E-state index contributed by atoms with van der Waals surface area (Å²) in [6, 6.07) is 6.41. The Kier molecular flexibility index (Phi) is 3.77. The van der Waals surface area contributed by atoms with E-state index in [1.807, 2.05) is 28.8 Å². The number of aromatic nitrogens is 2. The molecule has 0 spiro atoms. The molecule has 3 aliphatic heterocycles. The van der Waals surface area contributed by atoms with E-state index >= 15 is 0 Å². The smallest absolute Gasteiger partial charge is 0.272 e.